The summed E-state index contributed by atoms with van der Waals surface area (Å²) < 4.78 is 3.58. The van der Waals surface area contributed by atoms with Crippen LogP contribution in [0, 0.1) is 23.7 Å². The van der Waals surface area contributed by atoms with Crippen LogP contribution in [0.2, 0.25) is 0 Å². The van der Waals surface area contributed by atoms with Crippen molar-refractivity contribution in [2.24, 2.45) is 23.7 Å². The molecule has 0 unspecified atom stereocenters. The van der Waals surface area contributed by atoms with E-state index < -0.39 is 11.8 Å². The number of nitrogens with one attached hydrogen (secondary N) is 2. The first kappa shape index (κ1) is 49.7. The van der Waals surface area contributed by atoms with Crippen molar-refractivity contribution in [1.29, 1.82) is 0 Å². The summed E-state index contributed by atoms with van der Waals surface area (Å²) >= 11 is 0. The van der Waals surface area contributed by atoms with Gasteiger partial charge in [-0.2, -0.15) is 0 Å². The van der Waals surface area contributed by atoms with Gasteiger partial charge in [0, 0.05) is 122 Å². The first-order valence-corrected chi connectivity index (χ1v) is 24.7. The maximum absolute atomic E-state index is 13.8. The van der Waals surface area contributed by atoms with Crippen LogP contribution in [-0.2, 0) is 35.8 Å². The lowest BCUT2D eigenvalue weighted by Crippen LogP contribution is -2.46. The molecule has 10 rings (SSSR count). The molecule has 8 heterocycles. The molecular formula is C56H62N10O6. The lowest BCUT2D eigenvalue weighted by Gasteiger charge is -2.38. The van der Waals surface area contributed by atoms with E-state index in [9.17, 15) is 29.4 Å². The molecule has 2 amide bonds. The van der Waals surface area contributed by atoms with Gasteiger partial charge >= 0.3 is 0 Å². The van der Waals surface area contributed by atoms with Crippen LogP contribution in [0.1, 0.15) is 96.6 Å². The normalized spacial score (nSPS) is 24.0. The van der Waals surface area contributed by atoms with Gasteiger partial charge in [0.2, 0.25) is 11.8 Å². The fraction of sp³-hybridized carbons (Fsp3) is 0.357. The number of rotatable bonds is 14. The second kappa shape index (κ2) is 22.0. The Morgan fingerprint density at radius 2 is 0.972 bits per heavy atom. The predicted octanol–water partition coefficient (Wildman–Crippen LogP) is 5.43. The van der Waals surface area contributed by atoms with Crippen molar-refractivity contribution in [3.05, 3.63) is 200 Å². The number of hydrogen-bond acceptors (Lipinski definition) is 12. The van der Waals surface area contributed by atoms with Crippen molar-refractivity contribution in [2.75, 3.05) is 13.2 Å². The quantitative estimate of drug-likeness (QED) is 0.108. The summed E-state index contributed by atoms with van der Waals surface area (Å²) in [7, 11) is 0. The van der Waals surface area contributed by atoms with Crippen molar-refractivity contribution in [3.63, 3.8) is 0 Å². The van der Waals surface area contributed by atoms with Gasteiger partial charge in [-0.3, -0.25) is 29.0 Å². The van der Waals surface area contributed by atoms with Crippen molar-refractivity contribution in [2.45, 2.75) is 90.1 Å². The van der Waals surface area contributed by atoms with Gasteiger partial charge in [-0.15, -0.1) is 0 Å². The van der Waals surface area contributed by atoms with Crippen LogP contribution >= 0.6 is 0 Å². The van der Waals surface area contributed by atoms with Gasteiger partial charge in [0.15, 0.2) is 0 Å². The molecule has 4 bridgehead atoms. The lowest BCUT2D eigenvalue weighted by molar-refractivity contribution is -0.129. The number of amides is 2. The molecule has 10 atom stereocenters. The lowest BCUT2D eigenvalue weighted by atomic mass is 9.86. The smallest absolute Gasteiger partial charge is 0.258 e. The Bertz CT molecular complexity index is 2820. The SMILES string of the molecule is C/C=C/c1ccc2n(c1=O)C[C@H]1[C@H](CO)[C@@H](C(=O)N[C@@H](C)c3ccccc3)[C@@H]2N1Cc1cncnc1.C/C=C\c1ccc2n(c1=O)C[C@H]1[C@H](CO)[C@@H](C(=O)N[C@@H](C)c3ccccc3)[C@@H]2N1Cc1cncnc1. The molecule has 0 spiro atoms. The largest absolute Gasteiger partial charge is 0.396 e. The van der Waals surface area contributed by atoms with E-state index in [1.165, 1.54) is 12.7 Å². The fourth-order valence-corrected chi connectivity index (χ4v) is 11.6. The predicted molar refractivity (Wildman–Crippen MR) is 273 cm³/mol. The molecule has 2 aromatic carbocycles. The van der Waals surface area contributed by atoms with Crippen LogP contribution in [0.4, 0.5) is 0 Å². The van der Waals surface area contributed by atoms with Gasteiger partial charge in [0.25, 0.3) is 11.1 Å². The molecule has 4 aromatic heterocycles. The topological polar surface area (TPSA) is 201 Å². The molecule has 16 nitrogen and oxygen atoms in total. The molecular weight excluding hydrogens is 909 g/mol. The van der Waals surface area contributed by atoms with Crippen LogP contribution in [0.5, 0.6) is 0 Å². The first-order valence-electron chi connectivity index (χ1n) is 24.7. The highest BCUT2D eigenvalue weighted by molar-refractivity contribution is 5.82. The molecule has 4 aliphatic heterocycles. The fourth-order valence-electron chi connectivity index (χ4n) is 11.6. The second-order valence-electron chi connectivity index (χ2n) is 19.1. The monoisotopic (exact) mass is 970 g/mol. The highest BCUT2D eigenvalue weighted by Gasteiger charge is 2.57. The number of pyridine rings is 2. The summed E-state index contributed by atoms with van der Waals surface area (Å²) in [5, 5.41) is 27.4. The van der Waals surface area contributed by atoms with E-state index >= 15 is 0 Å². The number of allylic oxidation sites excluding steroid dienone is 2. The average Bonchev–Trinajstić information content (AvgIpc) is 3.74. The highest BCUT2D eigenvalue weighted by atomic mass is 16.3. The van der Waals surface area contributed by atoms with Crippen molar-refractivity contribution in [3.8, 4) is 0 Å². The molecule has 372 valence electrons. The molecule has 0 aliphatic carbocycles. The Labute approximate surface area is 418 Å². The van der Waals surface area contributed by atoms with Crippen molar-refractivity contribution in [1.82, 2.24) is 49.5 Å². The van der Waals surface area contributed by atoms with E-state index in [4.69, 9.17) is 0 Å². The van der Waals surface area contributed by atoms with Gasteiger partial charge in [-0.1, -0.05) is 85.0 Å². The Morgan fingerprint density at radius 1 is 0.597 bits per heavy atom. The molecule has 72 heavy (non-hydrogen) atoms. The molecule has 4 N–H and O–H groups in total. The van der Waals surface area contributed by atoms with Crippen LogP contribution in [-0.4, -0.2) is 86.2 Å². The number of carbonyl (C=O) groups excluding carboxylic acids is 2. The Hall–Kier alpha value is -7.24. The van der Waals surface area contributed by atoms with Crippen LogP contribution in [0.15, 0.2) is 144 Å². The summed E-state index contributed by atoms with van der Waals surface area (Å²) in [5.74, 6) is -1.93. The third-order valence-corrected chi connectivity index (χ3v) is 15.0. The summed E-state index contributed by atoms with van der Waals surface area (Å²) in [6.07, 6.45) is 17.4. The second-order valence-corrected chi connectivity index (χ2v) is 19.1. The molecule has 0 saturated carbocycles. The van der Waals surface area contributed by atoms with Gasteiger partial charge < -0.3 is 30.0 Å². The summed E-state index contributed by atoms with van der Waals surface area (Å²) in [6, 6.07) is 25.7. The molecule has 4 aliphatic rings. The van der Waals surface area contributed by atoms with Gasteiger partial charge in [-0.05, 0) is 63.1 Å². The number of hydrogen-bond donors (Lipinski definition) is 4. The minimum Gasteiger partial charge on any atom is -0.396 e. The number of aromatic nitrogens is 6. The zero-order valence-electron chi connectivity index (χ0n) is 41.0. The molecule has 6 aromatic rings. The molecule has 16 heteroatoms. The van der Waals surface area contributed by atoms with E-state index in [-0.39, 0.29) is 84.2 Å². The van der Waals surface area contributed by atoms with E-state index in [0.717, 1.165) is 33.6 Å². The average molecular weight is 971 g/mol. The van der Waals surface area contributed by atoms with Crippen molar-refractivity contribution >= 4 is 24.0 Å². The maximum atomic E-state index is 13.8. The number of benzene rings is 2. The molecule has 2 saturated heterocycles. The van der Waals surface area contributed by atoms with Crippen LogP contribution in [0.25, 0.3) is 12.2 Å². The first-order chi connectivity index (χ1) is 35.1. The maximum Gasteiger partial charge on any atom is 0.258 e. The Balaban J connectivity index is 0.000000178. The highest BCUT2D eigenvalue weighted by Crippen LogP contribution is 2.50. The summed E-state index contributed by atoms with van der Waals surface area (Å²) in [5.41, 5.74) is 6.55. The standard InChI is InChI=1S/2C28H31N5O3/c2*1-3-7-21-10-11-23-26-25(27(35)31-18(2)20-8-5-4-6-9-20)22(16-34)24(15-33(23)28(21)36)32(26)14-19-12-29-17-30-13-19/h2*3-13,17-18,22,24-26,34H,14-16H2,1-2H3,(H,31,35)/b7-3+;7-3-/t2*18-,22-,24-,25+,26+/m00/s1. The number of carbonyl (C=O) groups is 2. The number of aliphatic hydroxyl groups is 2. The van der Waals surface area contributed by atoms with E-state index in [2.05, 4.69) is 40.4 Å². The number of aliphatic hydroxyl groups excluding tert-OH is 2. The van der Waals surface area contributed by atoms with Gasteiger partial charge in [-0.25, -0.2) is 19.9 Å². The summed E-state index contributed by atoms with van der Waals surface area (Å²) in [4.78, 5) is 75.4. The number of fused-ring (bicyclic) bond motifs is 8. The Morgan fingerprint density at radius 3 is 1.32 bits per heavy atom. The minimum absolute atomic E-state index is 0.0707. The summed E-state index contributed by atoms with van der Waals surface area (Å²) in [6.45, 7) is 9.26. The van der Waals surface area contributed by atoms with Crippen molar-refractivity contribution < 1.29 is 19.8 Å². The Kier molecular flexibility index (Phi) is 15.2. The van der Waals surface area contributed by atoms with E-state index in [1.54, 1.807) is 46.1 Å². The minimum atomic E-state index is -0.517. The zero-order valence-corrected chi connectivity index (χ0v) is 41.0. The third kappa shape index (κ3) is 9.74. The number of nitrogens with zero attached hydrogens (tertiary/aromatic N) is 8. The third-order valence-electron chi connectivity index (χ3n) is 15.0. The van der Waals surface area contributed by atoms with E-state index in [1.807, 2.05) is 125 Å². The van der Waals surface area contributed by atoms with Gasteiger partial charge in [0.1, 0.15) is 12.7 Å². The zero-order chi connectivity index (χ0) is 50.5. The van der Waals surface area contributed by atoms with Crippen LogP contribution < -0.4 is 21.8 Å². The van der Waals surface area contributed by atoms with E-state index in [0.29, 0.717) is 37.3 Å². The molecule has 2 fully saturated rings. The van der Waals surface area contributed by atoms with Gasteiger partial charge in [0.05, 0.1) is 36.0 Å². The molecule has 0 radical (unpaired) electrons. The van der Waals surface area contributed by atoms with Crippen LogP contribution in [0.3, 0.4) is 0 Å².